The standard InChI is InChI=1S/C33H48N4S/c1-18(2)7-6-8-19(3)24-11-12-25-21-10-9-20-15-22-27(16-33(20,5)26(21)13-14-32(24,25)4)38-31-28(22)29(35)23(17-34)30(36)37-31/h18-21,24-26H,6-16H2,1-5H3,(H4,35,36,37)/t19-,20+,21+,24-,25+,26+,32-,33+/m1/s1. The van der Waals surface area contributed by atoms with Gasteiger partial charge < -0.3 is 11.5 Å². The zero-order chi connectivity index (χ0) is 27.0. The van der Waals surface area contributed by atoms with Gasteiger partial charge in [-0.25, -0.2) is 4.98 Å². The second-order valence-electron chi connectivity index (χ2n) is 14.6. The normalized spacial score (nSPS) is 36.8. The Bertz CT molecular complexity index is 1270. The molecular formula is C33H48N4S. The number of fused-ring (bicyclic) bond motifs is 8. The molecule has 0 radical (unpaired) electrons. The summed E-state index contributed by atoms with van der Waals surface area (Å²) < 4.78 is 0. The molecule has 3 fully saturated rings. The summed E-state index contributed by atoms with van der Waals surface area (Å²) in [5.74, 6) is 6.23. The first-order chi connectivity index (χ1) is 18.1. The van der Waals surface area contributed by atoms with Crippen molar-refractivity contribution in [3.05, 3.63) is 16.0 Å². The van der Waals surface area contributed by atoms with Gasteiger partial charge in [0.1, 0.15) is 22.3 Å². The van der Waals surface area contributed by atoms with Crippen molar-refractivity contribution in [2.75, 3.05) is 11.5 Å². The predicted octanol–water partition coefficient (Wildman–Crippen LogP) is 8.37. The SMILES string of the molecule is CC(C)CCC[C@@H](C)[C@H]1CC[C@H]2[C@@H]3CC[C@H]4Cc5c(sc6nc(N)c(C#N)c(N)c56)C[C@]4(C)[C@H]3CC[C@]12C. The van der Waals surface area contributed by atoms with Crippen molar-refractivity contribution in [1.82, 2.24) is 4.98 Å². The van der Waals surface area contributed by atoms with Crippen molar-refractivity contribution >= 4 is 33.1 Å². The van der Waals surface area contributed by atoms with E-state index in [1.54, 1.807) is 11.3 Å². The number of nitrogen functional groups attached to an aromatic ring is 2. The topological polar surface area (TPSA) is 88.7 Å². The van der Waals surface area contributed by atoms with Gasteiger partial charge in [-0.2, -0.15) is 5.26 Å². The van der Waals surface area contributed by atoms with Crippen LogP contribution in [0.2, 0.25) is 0 Å². The van der Waals surface area contributed by atoms with Gasteiger partial charge in [-0.05, 0) is 109 Å². The Balaban J connectivity index is 1.26. The van der Waals surface area contributed by atoms with Gasteiger partial charge in [-0.15, -0.1) is 11.3 Å². The van der Waals surface area contributed by atoms with Gasteiger partial charge in [0.15, 0.2) is 0 Å². The van der Waals surface area contributed by atoms with Crippen LogP contribution in [0.5, 0.6) is 0 Å². The summed E-state index contributed by atoms with van der Waals surface area (Å²) in [4.78, 5) is 7.03. The summed E-state index contributed by atoms with van der Waals surface area (Å²) in [6.07, 6.45) is 14.9. The molecule has 4 aliphatic rings. The van der Waals surface area contributed by atoms with E-state index in [2.05, 4.69) is 45.7 Å². The van der Waals surface area contributed by atoms with E-state index in [1.807, 2.05) is 0 Å². The van der Waals surface area contributed by atoms with Crippen molar-refractivity contribution in [2.45, 2.75) is 105 Å². The lowest BCUT2D eigenvalue weighted by atomic mass is 9.44. The number of rotatable bonds is 5. The quantitative estimate of drug-likeness (QED) is 0.405. The zero-order valence-electron chi connectivity index (χ0n) is 24.3. The predicted molar refractivity (Wildman–Crippen MR) is 160 cm³/mol. The van der Waals surface area contributed by atoms with Crippen LogP contribution in [0.15, 0.2) is 0 Å². The van der Waals surface area contributed by atoms with Crippen LogP contribution in [-0.4, -0.2) is 4.98 Å². The maximum atomic E-state index is 9.62. The van der Waals surface area contributed by atoms with E-state index in [0.717, 1.165) is 58.6 Å². The Kier molecular flexibility index (Phi) is 6.53. The van der Waals surface area contributed by atoms with E-state index in [4.69, 9.17) is 11.5 Å². The van der Waals surface area contributed by atoms with Gasteiger partial charge in [-0.3, -0.25) is 0 Å². The smallest absolute Gasteiger partial charge is 0.145 e. The van der Waals surface area contributed by atoms with Crippen LogP contribution >= 0.6 is 11.3 Å². The van der Waals surface area contributed by atoms with Crippen molar-refractivity contribution in [3.63, 3.8) is 0 Å². The summed E-state index contributed by atoms with van der Waals surface area (Å²) in [5.41, 5.74) is 15.8. The molecule has 0 spiro atoms. The summed E-state index contributed by atoms with van der Waals surface area (Å²) >= 11 is 1.79. The van der Waals surface area contributed by atoms with Gasteiger partial charge in [0.25, 0.3) is 0 Å². The van der Waals surface area contributed by atoms with E-state index < -0.39 is 0 Å². The lowest BCUT2D eigenvalue weighted by Gasteiger charge is -2.60. The molecule has 6 rings (SSSR count). The Hall–Kier alpha value is -1.80. The molecule has 0 unspecified atom stereocenters. The first kappa shape index (κ1) is 26.4. The van der Waals surface area contributed by atoms with Gasteiger partial charge >= 0.3 is 0 Å². The van der Waals surface area contributed by atoms with Crippen LogP contribution in [0.3, 0.4) is 0 Å². The van der Waals surface area contributed by atoms with Crippen molar-refractivity contribution < 1.29 is 0 Å². The lowest BCUT2D eigenvalue weighted by molar-refractivity contribution is -0.103. The average Bonchev–Trinajstić information content (AvgIpc) is 3.38. The molecule has 38 heavy (non-hydrogen) atoms. The molecule has 4 N–H and O–H groups in total. The molecule has 0 aliphatic heterocycles. The summed E-state index contributed by atoms with van der Waals surface area (Å²) in [6.45, 7) is 12.7. The van der Waals surface area contributed by atoms with Gasteiger partial charge in [0, 0.05) is 10.3 Å². The third-order valence-corrected chi connectivity index (χ3v) is 13.6. The minimum Gasteiger partial charge on any atom is -0.397 e. The fraction of sp³-hybridized carbons (Fsp3) is 0.758. The molecule has 2 aromatic heterocycles. The van der Waals surface area contributed by atoms with E-state index in [9.17, 15) is 5.26 Å². The lowest BCUT2D eigenvalue weighted by Crippen LogP contribution is -2.54. The highest BCUT2D eigenvalue weighted by Gasteiger charge is 2.60. The molecule has 0 aromatic carbocycles. The van der Waals surface area contributed by atoms with Crippen LogP contribution in [0.25, 0.3) is 10.2 Å². The highest BCUT2D eigenvalue weighted by atomic mass is 32.1. The van der Waals surface area contributed by atoms with E-state index in [-0.39, 0.29) is 5.82 Å². The van der Waals surface area contributed by atoms with Crippen LogP contribution in [0.4, 0.5) is 11.5 Å². The number of aromatic nitrogens is 1. The Morgan fingerprint density at radius 1 is 1.03 bits per heavy atom. The second kappa shape index (κ2) is 9.39. The molecule has 3 saturated carbocycles. The van der Waals surface area contributed by atoms with Gasteiger partial charge in [-0.1, -0.05) is 53.9 Å². The first-order valence-corrected chi connectivity index (χ1v) is 16.3. The molecule has 8 atom stereocenters. The number of anilines is 2. The molecule has 0 bridgehead atoms. The van der Waals surface area contributed by atoms with Crippen LogP contribution < -0.4 is 11.5 Å². The minimum atomic E-state index is 0.278. The highest BCUT2D eigenvalue weighted by molar-refractivity contribution is 7.19. The molecule has 2 heterocycles. The van der Waals surface area contributed by atoms with Crippen molar-refractivity contribution in [2.24, 2.45) is 52.3 Å². The molecule has 5 heteroatoms. The van der Waals surface area contributed by atoms with Crippen LogP contribution in [0.1, 0.15) is 108 Å². The Morgan fingerprint density at radius 3 is 2.53 bits per heavy atom. The number of pyridine rings is 1. The molecule has 206 valence electrons. The number of nitrogens with zero attached hydrogens (tertiary/aromatic N) is 2. The fourth-order valence-corrected chi connectivity index (χ4v) is 11.9. The maximum Gasteiger partial charge on any atom is 0.145 e. The molecule has 0 saturated heterocycles. The molecule has 4 aliphatic carbocycles. The second-order valence-corrected chi connectivity index (χ2v) is 15.7. The van der Waals surface area contributed by atoms with Gasteiger partial charge in [0.2, 0.25) is 0 Å². The summed E-state index contributed by atoms with van der Waals surface area (Å²) in [7, 11) is 0. The van der Waals surface area contributed by atoms with E-state index >= 15 is 0 Å². The highest BCUT2D eigenvalue weighted by Crippen LogP contribution is 2.68. The summed E-state index contributed by atoms with van der Waals surface area (Å²) in [6, 6.07) is 2.20. The molecular weight excluding hydrogens is 484 g/mol. The van der Waals surface area contributed by atoms with Crippen LogP contribution in [0, 0.1) is 63.6 Å². The Morgan fingerprint density at radius 2 is 1.79 bits per heavy atom. The number of nitriles is 1. The fourth-order valence-electron chi connectivity index (χ4n) is 10.5. The summed E-state index contributed by atoms with van der Waals surface area (Å²) in [5, 5.41) is 10.7. The zero-order valence-corrected chi connectivity index (χ0v) is 25.1. The van der Waals surface area contributed by atoms with E-state index in [1.165, 1.54) is 68.2 Å². The largest absolute Gasteiger partial charge is 0.397 e. The number of hydrogen-bond donors (Lipinski definition) is 2. The van der Waals surface area contributed by atoms with Gasteiger partial charge in [0.05, 0.1) is 5.69 Å². The van der Waals surface area contributed by atoms with Crippen molar-refractivity contribution in [3.8, 4) is 6.07 Å². The van der Waals surface area contributed by atoms with Crippen molar-refractivity contribution in [1.29, 1.82) is 5.26 Å². The number of thiophene rings is 1. The van der Waals surface area contributed by atoms with Crippen LogP contribution in [-0.2, 0) is 12.8 Å². The monoisotopic (exact) mass is 532 g/mol. The van der Waals surface area contributed by atoms with E-state index in [0.29, 0.717) is 28.0 Å². The molecule has 2 aromatic rings. The molecule has 0 amide bonds. The first-order valence-electron chi connectivity index (χ1n) is 15.5. The average molecular weight is 533 g/mol. The Labute approximate surface area is 234 Å². The third-order valence-electron chi connectivity index (χ3n) is 12.5. The maximum absolute atomic E-state index is 9.62. The number of hydrogen-bond acceptors (Lipinski definition) is 5. The number of nitrogens with two attached hydrogens (primary N) is 2. The molecule has 4 nitrogen and oxygen atoms in total. The minimum absolute atomic E-state index is 0.278. The third kappa shape index (κ3) is 3.83.